The zero-order valence-electron chi connectivity index (χ0n) is 15.8. The number of thioether (sulfide) groups is 1. The van der Waals surface area contributed by atoms with E-state index in [2.05, 4.69) is 22.4 Å². The van der Waals surface area contributed by atoms with E-state index in [1.807, 2.05) is 48.5 Å². The van der Waals surface area contributed by atoms with Gasteiger partial charge in [-0.3, -0.25) is 4.79 Å². The lowest BCUT2D eigenvalue weighted by Crippen LogP contribution is -2.19. The van der Waals surface area contributed by atoms with Gasteiger partial charge in [-0.05, 0) is 48.4 Å². The van der Waals surface area contributed by atoms with E-state index < -0.39 is 0 Å². The predicted molar refractivity (Wildman–Crippen MR) is 118 cm³/mol. The van der Waals surface area contributed by atoms with Crippen molar-refractivity contribution in [1.82, 2.24) is 10.4 Å². The number of hydrazone groups is 1. The van der Waals surface area contributed by atoms with Crippen molar-refractivity contribution in [3.63, 3.8) is 0 Å². The Labute approximate surface area is 173 Å². The molecule has 146 valence electrons. The third kappa shape index (κ3) is 6.35. The first-order chi connectivity index (χ1) is 13.7. The molecular weight excluding hydrogens is 390 g/mol. The summed E-state index contributed by atoms with van der Waals surface area (Å²) in [5, 5.41) is 4.02. The average molecular weight is 414 g/mol. The van der Waals surface area contributed by atoms with Crippen LogP contribution in [0, 0.1) is 0 Å². The average Bonchev–Trinajstić information content (AvgIpc) is 3.14. The molecule has 0 aliphatic heterocycles. The van der Waals surface area contributed by atoms with Gasteiger partial charge in [0.2, 0.25) is 0 Å². The normalized spacial score (nSPS) is 11.2. The lowest BCUT2D eigenvalue weighted by atomic mass is 10.2. The number of hydrogen-bond acceptors (Lipinski definition) is 6. The van der Waals surface area contributed by atoms with Gasteiger partial charge in [0.25, 0.3) is 5.91 Å². The van der Waals surface area contributed by atoms with E-state index in [-0.39, 0.29) is 11.7 Å². The summed E-state index contributed by atoms with van der Waals surface area (Å²) in [6.07, 6.45) is 5.06. The summed E-state index contributed by atoms with van der Waals surface area (Å²) in [5.74, 6) is 0.975. The van der Waals surface area contributed by atoms with Crippen molar-refractivity contribution in [2.45, 2.75) is 30.5 Å². The quantitative estimate of drug-likeness (QED) is 0.217. The van der Waals surface area contributed by atoms with E-state index in [1.54, 1.807) is 17.6 Å². The lowest BCUT2D eigenvalue weighted by molar-refractivity contribution is -0.118. The maximum absolute atomic E-state index is 12.0. The van der Waals surface area contributed by atoms with Gasteiger partial charge in [0.05, 0.1) is 28.8 Å². The third-order valence-electron chi connectivity index (χ3n) is 3.90. The van der Waals surface area contributed by atoms with E-state index in [0.29, 0.717) is 0 Å². The number of hydrogen-bond donors (Lipinski definition) is 1. The first kappa shape index (κ1) is 20.4. The molecule has 0 aliphatic rings. The number of ether oxygens (including phenoxy) is 1. The van der Waals surface area contributed by atoms with Crippen LogP contribution < -0.4 is 10.2 Å². The maximum atomic E-state index is 12.0. The largest absolute Gasteiger partial charge is 0.494 e. The Morgan fingerprint density at radius 1 is 1.21 bits per heavy atom. The molecular formula is C21H23N3O2S2. The molecule has 0 bridgehead atoms. The number of amides is 1. The minimum absolute atomic E-state index is 0.156. The molecule has 28 heavy (non-hydrogen) atoms. The number of thiazole rings is 1. The lowest BCUT2D eigenvalue weighted by Gasteiger charge is -2.05. The van der Waals surface area contributed by atoms with Crippen LogP contribution in [0.2, 0.25) is 0 Å². The van der Waals surface area contributed by atoms with Gasteiger partial charge in [0.15, 0.2) is 4.34 Å². The molecule has 3 rings (SSSR count). The molecule has 1 heterocycles. The summed E-state index contributed by atoms with van der Waals surface area (Å²) in [6, 6.07) is 15.6. The minimum Gasteiger partial charge on any atom is -0.494 e. The van der Waals surface area contributed by atoms with Crippen molar-refractivity contribution >= 4 is 45.4 Å². The number of fused-ring (bicyclic) bond motifs is 1. The number of nitrogens with zero attached hydrogens (tertiary/aromatic N) is 2. The van der Waals surface area contributed by atoms with E-state index in [4.69, 9.17) is 4.74 Å². The topological polar surface area (TPSA) is 63.6 Å². The molecule has 0 fully saturated rings. The van der Waals surface area contributed by atoms with Gasteiger partial charge in [0.1, 0.15) is 5.75 Å². The van der Waals surface area contributed by atoms with Crippen LogP contribution in [0.1, 0.15) is 31.7 Å². The first-order valence-electron chi connectivity index (χ1n) is 9.28. The molecule has 0 unspecified atom stereocenters. The van der Waals surface area contributed by atoms with Crippen LogP contribution in [-0.2, 0) is 4.79 Å². The van der Waals surface area contributed by atoms with Gasteiger partial charge in [-0.15, -0.1) is 11.3 Å². The summed E-state index contributed by atoms with van der Waals surface area (Å²) >= 11 is 3.01. The molecule has 1 N–H and O–H groups in total. The Hall–Kier alpha value is -2.38. The zero-order valence-corrected chi connectivity index (χ0v) is 17.4. The smallest absolute Gasteiger partial charge is 0.250 e. The molecule has 0 radical (unpaired) electrons. The standard InChI is InChI=1S/C21H23N3O2S2/c1-2-3-6-13-26-17-11-9-16(10-12-17)14-22-24-20(25)15-27-21-23-18-7-4-5-8-19(18)28-21/h4-5,7-12,14H,2-3,6,13,15H2,1H3,(H,24,25). The first-order valence-corrected chi connectivity index (χ1v) is 11.1. The van der Waals surface area contributed by atoms with E-state index >= 15 is 0 Å². The molecule has 0 spiro atoms. The molecule has 5 nitrogen and oxygen atoms in total. The predicted octanol–water partition coefficient (Wildman–Crippen LogP) is 5.11. The van der Waals surface area contributed by atoms with Crippen LogP contribution in [0.3, 0.4) is 0 Å². The van der Waals surface area contributed by atoms with Crippen LogP contribution in [0.4, 0.5) is 0 Å². The van der Waals surface area contributed by atoms with Gasteiger partial charge in [0, 0.05) is 0 Å². The Kier molecular flexibility index (Phi) is 7.87. The third-order valence-corrected chi connectivity index (χ3v) is 6.08. The molecule has 2 aromatic carbocycles. The summed E-state index contributed by atoms with van der Waals surface area (Å²) in [5.41, 5.74) is 4.42. The molecule has 0 atom stereocenters. The number of aromatic nitrogens is 1. The van der Waals surface area contributed by atoms with Crippen molar-refractivity contribution in [3.05, 3.63) is 54.1 Å². The number of nitrogens with one attached hydrogen (secondary N) is 1. The van der Waals surface area contributed by atoms with Gasteiger partial charge in [-0.1, -0.05) is 43.7 Å². The number of para-hydroxylation sites is 1. The Morgan fingerprint density at radius 2 is 2.04 bits per heavy atom. The van der Waals surface area contributed by atoms with E-state index in [0.717, 1.165) is 38.9 Å². The van der Waals surface area contributed by atoms with Crippen LogP contribution >= 0.6 is 23.1 Å². The van der Waals surface area contributed by atoms with Crippen molar-refractivity contribution in [2.24, 2.45) is 5.10 Å². The van der Waals surface area contributed by atoms with Gasteiger partial charge in [-0.2, -0.15) is 5.10 Å². The van der Waals surface area contributed by atoms with Gasteiger partial charge < -0.3 is 4.74 Å². The van der Waals surface area contributed by atoms with E-state index in [1.165, 1.54) is 24.6 Å². The highest BCUT2D eigenvalue weighted by Gasteiger charge is 2.06. The fraction of sp³-hybridized carbons (Fsp3) is 0.286. The maximum Gasteiger partial charge on any atom is 0.250 e. The van der Waals surface area contributed by atoms with Crippen molar-refractivity contribution in [1.29, 1.82) is 0 Å². The molecule has 1 aromatic heterocycles. The van der Waals surface area contributed by atoms with Crippen molar-refractivity contribution in [3.8, 4) is 5.75 Å². The second-order valence-electron chi connectivity index (χ2n) is 6.15. The molecule has 7 heteroatoms. The fourth-order valence-corrected chi connectivity index (χ4v) is 4.30. The molecule has 0 saturated carbocycles. The zero-order chi connectivity index (χ0) is 19.6. The highest BCUT2D eigenvalue weighted by Crippen LogP contribution is 2.28. The SMILES string of the molecule is CCCCCOc1ccc(C=NNC(=O)CSc2nc3ccccc3s2)cc1. The minimum atomic E-state index is -0.156. The van der Waals surface area contributed by atoms with Gasteiger partial charge in [-0.25, -0.2) is 10.4 Å². The van der Waals surface area contributed by atoms with Crippen LogP contribution in [0.5, 0.6) is 5.75 Å². The fourth-order valence-electron chi connectivity index (χ4n) is 2.44. The number of rotatable bonds is 10. The van der Waals surface area contributed by atoms with Crippen LogP contribution in [-0.4, -0.2) is 29.5 Å². The number of carbonyl (C=O) groups is 1. The summed E-state index contributed by atoms with van der Waals surface area (Å²) in [7, 11) is 0. The molecule has 3 aromatic rings. The van der Waals surface area contributed by atoms with Crippen molar-refractivity contribution < 1.29 is 9.53 Å². The summed E-state index contributed by atoms with van der Waals surface area (Å²) < 4.78 is 7.69. The second kappa shape index (κ2) is 10.8. The highest BCUT2D eigenvalue weighted by molar-refractivity contribution is 8.01. The van der Waals surface area contributed by atoms with Gasteiger partial charge >= 0.3 is 0 Å². The molecule has 1 amide bonds. The summed E-state index contributed by atoms with van der Waals surface area (Å²) in [6.45, 7) is 2.91. The Bertz CT molecular complexity index is 890. The molecule has 0 aliphatic carbocycles. The Balaban J connectivity index is 1.40. The Morgan fingerprint density at radius 3 is 2.82 bits per heavy atom. The number of unbranched alkanes of at least 4 members (excludes halogenated alkanes) is 2. The van der Waals surface area contributed by atoms with Crippen LogP contribution in [0.25, 0.3) is 10.2 Å². The monoisotopic (exact) mass is 413 g/mol. The van der Waals surface area contributed by atoms with E-state index in [9.17, 15) is 4.79 Å². The van der Waals surface area contributed by atoms with Crippen molar-refractivity contribution in [2.75, 3.05) is 12.4 Å². The van der Waals surface area contributed by atoms with Crippen LogP contribution in [0.15, 0.2) is 58.0 Å². The molecule has 0 saturated heterocycles. The second-order valence-corrected chi connectivity index (χ2v) is 8.41. The number of carbonyl (C=O) groups excluding carboxylic acids is 1. The highest BCUT2D eigenvalue weighted by atomic mass is 32.2. The summed E-state index contributed by atoms with van der Waals surface area (Å²) in [4.78, 5) is 16.5. The number of benzene rings is 2.